The van der Waals surface area contributed by atoms with E-state index in [-0.39, 0.29) is 5.41 Å². The lowest BCUT2D eigenvalue weighted by Crippen LogP contribution is -2.25. The van der Waals surface area contributed by atoms with Crippen molar-refractivity contribution in [2.75, 3.05) is 7.05 Å². The van der Waals surface area contributed by atoms with Gasteiger partial charge in [-0.05, 0) is 48.3 Å². The Hall–Kier alpha value is -0.820. The van der Waals surface area contributed by atoms with E-state index < -0.39 is 0 Å². The molecule has 0 amide bonds. The highest BCUT2D eigenvalue weighted by atomic mass is 14.9. The van der Waals surface area contributed by atoms with Gasteiger partial charge in [-0.2, -0.15) is 0 Å². The van der Waals surface area contributed by atoms with Gasteiger partial charge < -0.3 is 5.32 Å². The van der Waals surface area contributed by atoms with E-state index in [1.165, 1.54) is 24.0 Å². The molecule has 0 spiro atoms. The van der Waals surface area contributed by atoms with Gasteiger partial charge in [-0.25, -0.2) is 0 Å². The Morgan fingerprint density at radius 1 is 1.11 bits per heavy atom. The summed E-state index contributed by atoms with van der Waals surface area (Å²) in [5.41, 5.74) is 3.10. The molecule has 1 aromatic carbocycles. The third-order valence-electron chi connectivity index (χ3n) is 4.34. The smallest absolute Gasteiger partial charge is 0.0346 e. The third kappa shape index (κ3) is 2.95. The first-order valence-electron chi connectivity index (χ1n) is 7.21. The molecule has 1 nitrogen and oxygen atoms in total. The highest BCUT2D eigenvalue weighted by Gasteiger charge is 2.33. The van der Waals surface area contributed by atoms with Crippen LogP contribution in [0.1, 0.15) is 57.7 Å². The van der Waals surface area contributed by atoms with Crippen molar-refractivity contribution in [1.82, 2.24) is 5.32 Å². The molecule has 0 saturated heterocycles. The highest BCUT2D eigenvalue weighted by Crippen LogP contribution is 2.42. The second kappa shape index (κ2) is 5.05. The molecule has 2 atom stereocenters. The van der Waals surface area contributed by atoms with E-state index in [9.17, 15) is 0 Å². The lowest BCUT2D eigenvalue weighted by Gasteiger charge is -2.25. The molecule has 18 heavy (non-hydrogen) atoms. The summed E-state index contributed by atoms with van der Waals surface area (Å²) in [6, 6.07) is 9.70. The first kappa shape index (κ1) is 13.6. The van der Waals surface area contributed by atoms with Gasteiger partial charge in [0.05, 0.1) is 0 Å². The molecule has 1 aromatic rings. The van der Waals surface area contributed by atoms with E-state index in [2.05, 4.69) is 64.3 Å². The summed E-state index contributed by atoms with van der Waals surface area (Å²) < 4.78 is 0. The normalized spacial score (nSPS) is 19.6. The summed E-state index contributed by atoms with van der Waals surface area (Å²) in [7, 11) is 2.08. The van der Waals surface area contributed by atoms with Crippen molar-refractivity contribution in [2.24, 2.45) is 11.8 Å². The zero-order valence-electron chi connectivity index (χ0n) is 12.5. The van der Waals surface area contributed by atoms with Crippen LogP contribution in [0, 0.1) is 11.8 Å². The quantitative estimate of drug-likeness (QED) is 0.834. The van der Waals surface area contributed by atoms with Crippen LogP contribution < -0.4 is 5.32 Å². The molecule has 1 saturated carbocycles. The highest BCUT2D eigenvalue weighted by molar-refractivity contribution is 5.29. The monoisotopic (exact) mass is 245 g/mol. The first-order chi connectivity index (χ1) is 8.43. The average Bonchev–Trinajstić information content (AvgIpc) is 3.13. The maximum Gasteiger partial charge on any atom is 0.0346 e. The second-order valence-corrected chi connectivity index (χ2v) is 6.83. The number of nitrogens with one attached hydrogen (secondary N) is 1. The predicted molar refractivity (Wildman–Crippen MR) is 78.8 cm³/mol. The standard InChI is InChI=1S/C17H27N/c1-12(13-6-7-13)16(18-5)14-8-10-15(11-9-14)17(2,3)4/h8-13,16,18H,6-7H2,1-5H3. The van der Waals surface area contributed by atoms with Crippen molar-refractivity contribution >= 4 is 0 Å². The summed E-state index contributed by atoms with van der Waals surface area (Å²) in [4.78, 5) is 0. The molecule has 0 aromatic heterocycles. The average molecular weight is 245 g/mol. The van der Waals surface area contributed by atoms with Gasteiger partial charge in [-0.3, -0.25) is 0 Å². The molecular weight excluding hydrogens is 218 g/mol. The van der Waals surface area contributed by atoms with Crippen LogP contribution >= 0.6 is 0 Å². The van der Waals surface area contributed by atoms with Gasteiger partial charge in [-0.1, -0.05) is 52.0 Å². The zero-order valence-corrected chi connectivity index (χ0v) is 12.5. The molecule has 0 heterocycles. The number of rotatable bonds is 4. The van der Waals surface area contributed by atoms with Crippen LogP contribution in [0.4, 0.5) is 0 Å². The van der Waals surface area contributed by atoms with Crippen molar-refractivity contribution in [3.63, 3.8) is 0 Å². The van der Waals surface area contributed by atoms with Crippen molar-refractivity contribution in [3.8, 4) is 0 Å². The Labute approximate surface area is 112 Å². The number of hydrogen-bond donors (Lipinski definition) is 1. The van der Waals surface area contributed by atoms with Gasteiger partial charge in [0.2, 0.25) is 0 Å². The second-order valence-electron chi connectivity index (χ2n) is 6.83. The topological polar surface area (TPSA) is 12.0 Å². The summed E-state index contributed by atoms with van der Waals surface area (Å²) in [5, 5.41) is 3.50. The Balaban J connectivity index is 2.16. The Morgan fingerprint density at radius 2 is 1.67 bits per heavy atom. The lowest BCUT2D eigenvalue weighted by atomic mass is 9.84. The maximum absolute atomic E-state index is 3.50. The molecule has 2 rings (SSSR count). The SMILES string of the molecule is CNC(c1ccc(C(C)(C)C)cc1)C(C)C1CC1. The summed E-state index contributed by atoms with van der Waals surface area (Å²) >= 11 is 0. The molecular formula is C17H27N. The molecule has 0 bridgehead atoms. The first-order valence-corrected chi connectivity index (χ1v) is 7.21. The summed E-state index contributed by atoms with van der Waals surface area (Å²) in [6.07, 6.45) is 2.83. The van der Waals surface area contributed by atoms with Gasteiger partial charge in [-0.15, -0.1) is 0 Å². The Bertz CT molecular complexity index is 381. The van der Waals surface area contributed by atoms with E-state index in [1.54, 1.807) is 0 Å². The molecule has 1 aliphatic rings. The van der Waals surface area contributed by atoms with E-state index >= 15 is 0 Å². The molecule has 1 N–H and O–H groups in total. The van der Waals surface area contributed by atoms with Crippen LogP contribution in [0.2, 0.25) is 0 Å². The van der Waals surface area contributed by atoms with E-state index in [4.69, 9.17) is 0 Å². The largest absolute Gasteiger partial charge is 0.313 e. The third-order valence-corrected chi connectivity index (χ3v) is 4.34. The van der Waals surface area contributed by atoms with Crippen molar-refractivity contribution in [1.29, 1.82) is 0 Å². The van der Waals surface area contributed by atoms with Crippen LogP contribution in [-0.4, -0.2) is 7.05 Å². The fourth-order valence-electron chi connectivity index (χ4n) is 2.82. The van der Waals surface area contributed by atoms with Crippen LogP contribution in [0.25, 0.3) is 0 Å². The summed E-state index contributed by atoms with van der Waals surface area (Å²) in [5.74, 6) is 1.68. The fourth-order valence-corrected chi connectivity index (χ4v) is 2.82. The van der Waals surface area contributed by atoms with E-state index in [0.29, 0.717) is 6.04 Å². The van der Waals surface area contributed by atoms with Crippen molar-refractivity contribution < 1.29 is 0 Å². The zero-order chi connectivity index (χ0) is 13.3. The molecule has 1 fully saturated rings. The fraction of sp³-hybridized carbons (Fsp3) is 0.647. The molecule has 0 radical (unpaired) electrons. The minimum atomic E-state index is 0.246. The van der Waals surface area contributed by atoms with Gasteiger partial charge >= 0.3 is 0 Å². The van der Waals surface area contributed by atoms with Crippen LogP contribution in [-0.2, 0) is 5.41 Å². The molecule has 1 aliphatic carbocycles. The van der Waals surface area contributed by atoms with Crippen molar-refractivity contribution in [2.45, 2.75) is 52.0 Å². The van der Waals surface area contributed by atoms with Crippen LogP contribution in [0.5, 0.6) is 0 Å². The maximum atomic E-state index is 3.50. The summed E-state index contributed by atoms with van der Waals surface area (Å²) in [6.45, 7) is 9.19. The van der Waals surface area contributed by atoms with Gasteiger partial charge in [0.25, 0.3) is 0 Å². The minimum Gasteiger partial charge on any atom is -0.313 e. The van der Waals surface area contributed by atoms with Gasteiger partial charge in [0, 0.05) is 6.04 Å². The lowest BCUT2D eigenvalue weighted by molar-refractivity contribution is 0.369. The molecule has 2 unspecified atom stereocenters. The number of benzene rings is 1. The Kier molecular flexibility index (Phi) is 3.82. The molecule has 0 aliphatic heterocycles. The molecule has 100 valence electrons. The van der Waals surface area contributed by atoms with Crippen LogP contribution in [0.3, 0.4) is 0 Å². The van der Waals surface area contributed by atoms with E-state index in [0.717, 1.165) is 11.8 Å². The van der Waals surface area contributed by atoms with Gasteiger partial charge in [0.15, 0.2) is 0 Å². The van der Waals surface area contributed by atoms with Crippen molar-refractivity contribution in [3.05, 3.63) is 35.4 Å². The van der Waals surface area contributed by atoms with Crippen LogP contribution in [0.15, 0.2) is 24.3 Å². The molecule has 1 heteroatoms. The Morgan fingerprint density at radius 3 is 2.06 bits per heavy atom. The minimum absolute atomic E-state index is 0.246. The van der Waals surface area contributed by atoms with Gasteiger partial charge in [0.1, 0.15) is 0 Å². The van der Waals surface area contributed by atoms with E-state index in [1.807, 2.05) is 0 Å². The predicted octanol–water partition coefficient (Wildman–Crippen LogP) is 4.29. The number of hydrogen-bond acceptors (Lipinski definition) is 1.